The van der Waals surface area contributed by atoms with Gasteiger partial charge in [-0.05, 0) is 37.3 Å². The normalized spacial score (nSPS) is 11.0. The topological polar surface area (TPSA) is 68.0 Å². The number of nitrogens with one attached hydrogen (secondary N) is 1. The van der Waals surface area contributed by atoms with Crippen molar-refractivity contribution in [1.29, 1.82) is 0 Å². The fourth-order valence-electron chi connectivity index (χ4n) is 1.96. The minimum atomic E-state index is -0.196. The number of carbonyl (C=O) groups is 1. The van der Waals surface area contributed by atoms with Gasteiger partial charge in [0.2, 0.25) is 5.91 Å². The van der Waals surface area contributed by atoms with Crippen molar-refractivity contribution < 1.29 is 9.21 Å². The predicted molar refractivity (Wildman–Crippen MR) is 89.7 cm³/mol. The van der Waals surface area contributed by atoms with E-state index in [1.54, 1.807) is 23.6 Å². The van der Waals surface area contributed by atoms with Gasteiger partial charge in [0, 0.05) is 17.7 Å². The molecule has 3 aromatic rings. The molecule has 0 saturated heterocycles. The minimum Gasteiger partial charge on any atom is -0.458 e. The molecule has 0 spiro atoms. The molecule has 3 rings (SSSR count). The average molecular weight is 325 g/mol. The van der Waals surface area contributed by atoms with E-state index in [0.717, 1.165) is 16.4 Å². The number of hydrogen-bond acceptors (Lipinski definition) is 5. The standard InChI is InChI=1S/C17H15N3O2S/c1-12-20-15(11-23-12)16-7-6-14(22-16)10-19-17(21)8-5-13-4-2-3-9-18-13/h2-9,11H,10H2,1H3,(H,19,21). The first-order valence-corrected chi connectivity index (χ1v) is 7.97. The van der Waals surface area contributed by atoms with Crippen molar-refractivity contribution in [3.8, 4) is 11.5 Å². The third-order valence-corrected chi connectivity index (χ3v) is 3.84. The first-order chi connectivity index (χ1) is 11.2. The van der Waals surface area contributed by atoms with E-state index in [-0.39, 0.29) is 5.91 Å². The van der Waals surface area contributed by atoms with Crippen LogP contribution in [0.25, 0.3) is 17.5 Å². The Morgan fingerprint density at radius 1 is 1.35 bits per heavy atom. The number of nitrogens with zero attached hydrogens (tertiary/aromatic N) is 2. The number of carbonyl (C=O) groups excluding carboxylic acids is 1. The Bertz CT molecular complexity index is 821. The second-order valence-corrected chi connectivity index (χ2v) is 5.89. The molecule has 0 aliphatic heterocycles. The van der Waals surface area contributed by atoms with Gasteiger partial charge in [-0.25, -0.2) is 4.98 Å². The van der Waals surface area contributed by atoms with Gasteiger partial charge in [-0.3, -0.25) is 9.78 Å². The lowest BCUT2D eigenvalue weighted by Crippen LogP contribution is -2.19. The highest BCUT2D eigenvalue weighted by molar-refractivity contribution is 7.09. The van der Waals surface area contributed by atoms with Crippen molar-refractivity contribution in [2.45, 2.75) is 13.5 Å². The number of furan rings is 1. The van der Waals surface area contributed by atoms with Crippen LogP contribution in [0.4, 0.5) is 0 Å². The summed E-state index contributed by atoms with van der Waals surface area (Å²) in [6.45, 7) is 2.28. The number of aryl methyl sites for hydroxylation is 1. The fourth-order valence-corrected chi connectivity index (χ4v) is 2.56. The zero-order valence-electron chi connectivity index (χ0n) is 12.5. The highest BCUT2D eigenvalue weighted by atomic mass is 32.1. The molecule has 1 N–H and O–H groups in total. The number of pyridine rings is 1. The van der Waals surface area contributed by atoms with Gasteiger partial charge in [-0.1, -0.05) is 6.07 Å². The van der Waals surface area contributed by atoms with Crippen molar-refractivity contribution >= 4 is 23.3 Å². The number of aromatic nitrogens is 2. The van der Waals surface area contributed by atoms with E-state index >= 15 is 0 Å². The van der Waals surface area contributed by atoms with E-state index in [4.69, 9.17) is 4.42 Å². The van der Waals surface area contributed by atoms with Crippen molar-refractivity contribution in [3.63, 3.8) is 0 Å². The number of thiazole rings is 1. The molecule has 5 nitrogen and oxygen atoms in total. The van der Waals surface area contributed by atoms with E-state index in [2.05, 4.69) is 15.3 Å². The molecule has 3 heterocycles. The summed E-state index contributed by atoms with van der Waals surface area (Å²) >= 11 is 1.58. The summed E-state index contributed by atoms with van der Waals surface area (Å²) in [4.78, 5) is 20.3. The molecule has 6 heteroatoms. The molecule has 0 aromatic carbocycles. The Labute approximate surface area is 137 Å². The van der Waals surface area contributed by atoms with Gasteiger partial charge in [0.05, 0.1) is 17.2 Å². The molecule has 0 bridgehead atoms. The molecule has 0 saturated carbocycles. The number of hydrogen-bond donors (Lipinski definition) is 1. The maximum absolute atomic E-state index is 11.8. The second-order valence-electron chi connectivity index (χ2n) is 4.82. The number of amides is 1. The summed E-state index contributed by atoms with van der Waals surface area (Å²) in [7, 11) is 0. The summed E-state index contributed by atoms with van der Waals surface area (Å²) in [5.74, 6) is 1.20. The van der Waals surface area contributed by atoms with Crippen molar-refractivity contribution in [1.82, 2.24) is 15.3 Å². The lowest BCUT2D eigenvalue weighted by atomic mass is 10.3. The van der Waals surface area contributed by atoms with Gasteiger partial charge in [0.1, 0.15) is 11.5 Å². The molecule has 1 amide bonds. The molecule has 0 fully saturated rings. The number of rotatable bonds is 5. The Morgan fingerprint density at radius 2 is 2.26 bits per heavy atom. The summed E-state index contributed by atoms with van der Waals surface area (Å²) in [5, 5.41) is 5.72. The van der Waals surface area contributed by atoms with Crippen LogP contribution >= 0.6 is 11.3 Å². The molecular weight excluding hydrogens is 310 g/mol. The fraction of sp³-hybridized carbons (Fsp3) is 0.118. The van der Waals surface area contributed by atoms with Gasteiger partial charge < -0.3 is 9.73 Å². The van der Waals surface area contributed by atoms with Crippen LogP contribution in [0.2, 0.25) is 0 Å². The maximum atomic E-state index is 11.8. The first-order valence-electron chi connectivity index (χ1n) is 7.09. The molecule has 3 aromatic heterocycles. The lowest BCUT2D eigenvalue weighted by molar-refractivity contribution is -0.116. The Kier molecular flexibility index (Phi) is 4.63. The third-order valence-electron chi connectivity index (χ3n) is 3.06. The SMILES string of the molecule is Cc1nc(-c2ccc(CNC(=O)C=Cc3ccccn3)o2)cs1. The van der Waals surface area contributed by atoms with E-state index < -0.39 is 0 Å². The summed E-state index contributed by atoms with van der Waals surface area (Å²) < 4.78 is 5.69. The van der Waals surface area contributed by atoms with Crippen molar-refractivity contribution in [3.05, 3.63) is 64.4 Å². The van der Waals surface area contributed by atoms with Gasteiger partial charge in [0.15, 0.2) is 5.76 Å². The van der Waals surface area contributed by atoms with Gasteiger partial charge in [-0.15, -0.1) is 11.3 Å². The average Bonchev–Trinajstić information content (AvgIpc) is 3.20. The van der Waals surface area contributed by atoms with E-state index in [1.165, 1.54) is 6.08 Å². The zero-order chi connectivity index (χ0) is 16.1. The zero-order valence-corrected chi connectivity index (χ0v) is 13.3. The van der Waals surface area contributed by atoms with Gasteiger partial charge in [0.25, 0.3) is 0 Å². The molecule has 0 radical (unpaired) electrons. The lowest BCUT2D eigenvalue weighted by Gasteiger charge is -1.99. The largest absolute Gasteiger partial charge is 0.458 e. The molecule has 0 aliphatic carbocycles. The van der Waals surface area contributed by atoms with Crippen LogP contribution in [0.5, 0.6) is 0 Å². The van der Waals surface area contributed by atoms with Crippen LogP contribution in [0.1, 0.15) is 16.5 Å². The molecular formula is C17H15N3O2S. The van der Waals surface area contributed by atoms with E-state index in [1.807, 2.05) is 42.6 Å². The summed E-state index contributed by atoms with van der Waals surface area (Å²) in [6.07, 6.45) is 4.80. The smallest absolute Gasteiger partial charge is 0.244 e. The Balaban J connectivity index is 1.55. The van der Waals surface area contributed by atoms with E-state index in [0.29, 0.717) is 18.1 Å². The summed E-state index contributed by atoms with van der Waals surface area (Å²) in [6, 6.07) is 9.23. The molecule has 0 atom stereocenters. The second kappa shape index (κ2) is 7.02. The van der Waals surface area contributed by atoms with Crippen LogP contribution in [-0.4, -0.2) is 15.9 Å². The highest BCUT2D eigenvalue weighted by Crippen LogP contribution is 2.23. The monoisotopic (exact) mass is 325 g/mol. The third kappa shape index (κ3) is 4.14. The summed E-state index contributed by atoms with van der Waals surface area (Å²) in [5.41, 5.74) is 1.56. The first kappa shape index (κ1) is 15.2. The Morgan fingerprint density at radius 3 is 3.00 bits per heavy atom. The van der Waals surface area contributed by atoms with Crippen LogP contribution < -0.4 is 5.32 Å². The van der Waals surface area contributed by atoms with Crippen molar-refractivity contribution in [2.75, 3.05) is 0 Å². The Hall–Kier alpha value is -2.73. The quantitative estimate of drug-likeness (QED) is 0.730. The van der Waals surface area contributed by atoms with Crippen LogP contribution in [0.15, 0.2) is 52.4 Å². The maximum Gasteiger partial charge on any atom is 0.244 e. The van der Waals surface area contributed by atoms with Gasteiger partial charge in [-0.2, -0.15) is 0 Å². The molecule has 116 valence electrons. The van der Waals surface area contributed by atoms with Crippen LogP contribution in [0, 0.1) is 6.92 Å². The van der Waals surface area contributed by atoms with Crippen LogP contribution in [0.3, 0.4) is 0 Å². The van der Waals surface area contributed by atoms with Crippen molar-refractivity contribution in [2.24, 2.45) is 0 Å². The molecule has 0 unspecified atom stereocenters. The minimum absolute atomic E-state index is 0.196. The predicted octanol–water partition coefficient (Wildman–Crippen LogP) is 3.44. The highest BCUT2D eigenvalue weighted by Gasteiger charge is 2.08. The van der Waals surface area contributed by atoms with E-state index in [9.17, 15) is 4.79 Å². The van der Waals surface area contributed by atoms with Gasteiger partial charge >= 0.3 is 0 Å². The molecule has 23 heavy (non-hydrogen) atoms. The molecule has 0 aliphatic rings. The van der Waals surface area contributed by atoms with Crippen LogP contribution in [-0.2, 0) is 11.3 Å².